The Morgan fingerprint density at radius 2 is 2.17 bits per heavy atom. The first-order chi connectivity index (χ1) is 8.52. The van der Waals surface area contributed by atoms with Crippen LogP contribution in [0.4, 0.5) is 5.69 Å². The molecule has 0 spiro atoms. The molecule has 1 aromatic carbocycles. The Morgan fingerprint density at radius 1 is 1.44 bits per heavy atom. The lowest BCUT2D eigenvalue weighted by atomic mass is 9.92. The van der Waals surface area contributed by atoms with Crippen molar-refractivity contribution in [1.29, 1.82) is 0 Å². The van der Waals surface area contributed by atoms with Gasteiger partial charge in [0.2, 0.25) is 0 Å². The van der Waals surface area contributed by atoms with E-state index >= 15 is 0 Å². The highest BCUT2D eigenvalue weighted by molar-refractivity contribution is 5.55. The standard InChI is InChI=1S/C15H24N2O/c1-12-9-13-5-3-4-6-14(13)17(10-12)8-7-15(2,16)11-18/h3-6,12,18H,7-11,16H2,1-2H3. The summed E-state index contributed by atoms with van der Waals surface area (Å²) in [4.78, 5) is 2.41. The molecule has 0 saturated heterocycles. The van der Waals surface area contributed by atoms with E-state index < -0.39 is 5.54 Å². The van der Waals surface area contributed by atoms with Crippen LogP contribution in [0.1, 0.15) is 25.8 Å². The summed E-state index contributed by atoms with van der Waals surface area (Å²) in [5.41, 5.74) is 8.30. The summed E-state index contributed by atoms with van der Waals surface area (Å²) in [7, 11) is 0. The van der Waals surface area contributed by atoms with Crippen LogP contribution in [0.5, 0.6) is 0 Å². The van der Waals surface area contributed by atoms with E-state index in [1.807, 2.05) is 6.92 Å². The van der Waals surface area contributed by atoms with Crippen LogP contribution >= 0.6 is 0 Å². The van der Waals surface area contributed by atoms with Crippen LogP contribution in [0, 0.1) is 5.92 Å². The average molecular weight is 248 g/mol. The van der Waals surface area contributed by atoms with Crippen LogP contribution in [0.2, 0.25) is 0 Å². The second-order valence-corrected chi connectivity index (χ2v) is 5.95. The predicted molar refractivity (Wildman–Crippen MR) is 75.8 cm³/mol. The lowest BCUT2D eigenvalue weighted by Crippen LogP contribution is -2.45. The van der Waals surface area contributed by atoms with Crippen LogP contribution in [0.15, 0.2) is 24.3 Å². The molecule has 100 valence electrons. The summed E-state index contributed by atoms with van der Waals surface area (Å²) in [6, 6.07) is 8.60. The fourth-order valence-electron chi connectivity index (χ4n) is 2.59. The molecule has 2 atom stereocenters. The third-order valence-corrected chi connectivity index (χ3v) is 3.75. The number of aliphatic hydroxyl groups is 1. The molecule has 1 heterocycles. The van der Waals surface area contributed by atoms with Crippen molar-refractivity contribution in [3.8, 4) is 0 Å². The van der Waals surface area contributed by atoms with Gasteiger partial charge >= 0.3 is 0 Å². The summed E-state index contributed by atoms with van der Waals surface area (Å²) >= 11 is 0. The normalized spacial score (nSPS) is 22.4. The maximum Gasteiger partial charge on any atom is 0.0609 e. The highest BCUT2D eigenvalue weighted by Gasteiger charge is 2.24. The highest BCUT2D eigenvalue weighted by Crippen LogP contribution is 2.29. The lowest BCUT2D eigenvalue weighted by Gasteiger charge is -2.36. The number of fused-ring (bicyclic) bond motifs is 1. The van der Waals surface area contributed by atoms with Crippen molar-refractivity contribution in [2.24, 2.45) is 11.7 Å². The maximum atomic E-state index is 9.23. The van der Waals surface area contributed by atoms with Gasteiger partial charge in [0.05, 0.1) is 6.61 Å². The zero-order valence-corrected chi connectivity index (χ0v) is 11.4. The number of benzene rings is 1. The second kappa shape index (κ2) is 5.29. The van der Waals surface area contributed by atoms with Crippen molar-refractivity contribution < 1.29 is 5.11 Å². The number of hydrogen-bond acceptors (Lipinski definition) is 3. The van der Waals surface area contributed by atoms with Gasteiger partial charge in [0.1, 0.15) is 0 Å². The summed E-state index contributed by atoms with van der Waals surface area (Å²) in [5, 5.41) is 9.23. The number of nitrogens with zero attached hydrogens (tertiary/aromatic N) is 1. The van der Waals surface area contributed by atoms with Crippen molar-refractivity contribution in [2.45, 2.75) is 32.2 Å². The minimum absolute atomic E-state index is 0.0397. The Morgan fingerprint density at radius 3 is 2.89 bits per heavy atom. The molecule has 3 heteroatoms. The number of anilines is 1. The van der Waals surface area contributed by atoms with Crippen LogP contribution in [0.25, 0.3) is 0 Å². The monoisotopic (exact) mass is 248 g/mol. The topological polar surface area (TPSA) is 49.5 Å². The molecule has 2 unspecified atom stereocenters. The minimum Gasteiger partial charge on any atom is -0.394 e. The Balaban J connectivity index is 2.09. The highest BCUT2D eigenvalue weighted by atomic mass is 16.3. The van der Waals surface area contributed by atoms with E-state index in [1.54, 1.807) is 0 Å². The number of nitrogens with two attached hydrogens (primary N) is 1. The van der Waals surface area contributed by atoms with E-state index in [2.05, 4.69) is 36.1 Å². The van der Waals surface area contributed by atoms with Gasteiger partial charge in [-0.25, -0.2) is 0 Å². The van der Waals surface area contributed by atoms with Crippen LogP contribution < -0.4 is 10.6 Å². The van der Waals surface area contributed by atoms with Crippen LogP contribution in [-0.4, -0.2) is 30.3 Å². The zero-order chi connectivity index (χ0) is 13.2. The first kappa shape index (κ1) is 13.4. The fourth-order valence-corrected chi connectivity index (χ4v) is 2.59. The fraction of sp³-hybridized carbons (Fsp3) is 0.600. The molecule has 2 rings (SSSR count). The quantitative estimate of drug-likeness (QED) is 0.854. The molecule has 1 aliphatic rings. The molecule has 0 radical (unpaired) electrons. The summed E-state index contributed by atoms with van der Waals surface area (Å²) < 4.78 is 0. The van der Waals surface area contributed by atoms with E-state index in [1.165, 1.54) is 11.3 Å². The summed E-state index contributed by atoms with van der Waals surface area (Å²) in [6.45, 7) is 6.23. The third-order valence-electron chi connectivity index (χ3n) is 3.75. The molecule has 0 amide bonds. The summed E-state index contributed by atoms with van der Waals surface area (Å²) in [5.74, 6) is 0.679. The molecule has 18 heavy (non-hydrogen) atoms. The van der Waals surface area contributed by atoms with Gasteiger partial charge in [-0.3, -0.25) is 0 Å². The van der Waals surface area contributed by atoms with E-state index in [4.69, 9.17) is 5.73 Å². The molecule has 3 nitrogen and oxygen atoms in total. The van der Waals surface area contributed by atoms with Gasteiger partial charge in [-0.15, -0.1) is 0 Å². The van der Waals surface area contributed by atoms with Crippen molar-refractivity contribution in [1.82, 2.24) is 0 Å². The van der Waals surface area contributed by atoms with Crippen molar-refractivity contribution in [2.75, 3.05) is 24.6 Å². The maximum absolute atomic E-state index is 9.23. The molecule has 1 aliphatic heterocycles. The van der Waals surface area contributed by atoms with E-state index in [0.29, 0.717) is 5.92 Å². The Hall–Kier alpha value is -1.06. The van der Waals surface area contributed by atoms with Crippen molar-refractivity contribution in [3.63, 3.8) is 0 Å². The van der Waals surface area contributed by atoms with Gasteiger partial charge < -0.3 is 15.7 Å². The first-order valence-corrected chi connectivity index (χ1v) is 6.74. The zero-order valence-electron chi connectivity index (χ0n) is 11.4. The molecular formula is C15H24N2O. The number of hydrogen-bond donors (Lipinski definition) is 2. The Bertz CT molecular complexity index is 403. The van der Waals surface area contributed by atoms with Crippen molar-refractivity contribution >= 4 is 5.69 Å². The molecule has 0 bridgehead atoms. The number of aliphatic hydroxyl groups excluding tert-OH is 1. The number of rotatable bonds is 4. The van der Waals surface area contributed by atoms with Crippen LogP contribution in [0.3, 0.4) is 0 Å². The second-order valence-electron chi connectivity index (χ2n) is 5.95. The molecular weight excluding hydrogens is 224 g/mol. The van der Waals surface area contributed by atoms with E-state index in [-0.39, 0.29) is 6.61 Å². The molecule has 0 aliphatic carbocycles. The van der Waals surface area contributed by atoms with E-state index in [9.17, 15) is 5.11 Å². The van der Waals surface area contributed by atoms with Gasteiger partial charge in [-0.1, -0.05) is 25.1 Å². The SMILES string of the molecule is CC1Cc2ccccc2N(CCC(C)(N)CO)C1. The molecule has 3 N–H and O–H groups in total. The van der Waals surface area contributed by atoms with Gasteiger partial charge in [-0.2, -0.15) is 0 Å². The molecule has 0 fully saturated rings. The first-order valence-electron chi connectivity index (χ1n) is 6.74. The van der Waals surface area contributed by atoms with Crippen LogP contribution in [-0.2, 0) is 6.42 Å². The smallest absolute Gasteiger partial charge is 0.0609 e. The van der Waals surface area contributed by atoms with Gasteiger partial charge in [0.25, 0.3) is 0 Å². The Labute approximate surface area is 110 Å². The summed E-state index contributed by atoms with van der Waals surface area (Å²) in [6.07, 6.45) is 1.97. The Kier molecular flexibility index (Phi) is 3.93. The van der Waals surface area contributed by atoms with Crippen molar-refractivity contribution in [3.05, 3.63) is 29.8 Å². The van der Waals surface area contributed by atoms with Gasteiger partial charge in [-0.05, 0) is 37.3 Å². The van der Waals surface area contributed by atoms with E-state index in [0.717, 1.165) is 25.9 Å². The predicted octanol–water partition coefficient (Wildman–Crippen LogP) is 1.78. The van der Waals surface area contributed by atoms with Gasteiger partial charge in [0, 0.05) is 24.3 Å². The molecule has 0 saturated carbocycles. The molecule has 1 aromatic rings. The minimum atomic E-state index is -0.477. The lowest BCUT2D eigenvalue weighted by molar-refractivity contribution is 0.201. The van der Waals surface area contributed by atoms with Gasteiger partial charge in [0.15, 0.2) is 0 Å². The number of para-hydroxylation sites is 1. The largest absolute Gasteiger partial charge is 0.394 e. The average Bonchev–Trinajstić information content (AvgIpc) is 2.36. The molecule has 0 aromatic heterocycles. The third kappa shape index (κ3) is 3.03.